The summed E-state index contributed by atoms with van der Waals surface area (Å²) in [5.41, 5.74) is 5.14. The first-order valence-corrected chi connectivity index (χ1v) is 14.1. The van der Waals surface area contributed by atoms with Gasteiger partial charge in [-0.2, -0.15) is 11.1 Å². The number of rotatable bonds is 3. The van der Waals surface area contributed by atoms with Crippen LogP contribution in [0, 0.1) is 0 Å². The highest BCUT2D eigenvalue weighted by molar-refractivity contribution is 7.50. The van der Waals surface area contributed by atoms with Gasteiger partial charge in [-0.25, -0.2) is 0 Å². The van der Waals surface area contributed by atoms with Crippen molar-refractivity contribution in [2.24, 2.45) is 0 Å². The smallest absolute Gasteiger partial charge is 0.0164 e. The first-order valence-electron chi connectivity index (χ1n) is 9.30. The van der Waals surface area contributed by atoms with Crippen LogP contribution in [0.2, 0.25) is 19.6 Å². The van der Waals surface area contributed by atoms with Gasteiger partial charge in [0.25, 0.3) is 0 Å². The normalized spacial score (nSPS) is 14.7. The molecule has 0 aliphatic heterocycles. The molecular formula is C22H40PSi-. The van der Waals surface area contributed by atoms with E-state index in [2.05, 4.69) is 94.1 Å². The largest absolute Gasteiger partial charge is 0.508 e. The molecule has 0 N–H and O–H groups in total. The van der Waals surface area contributed by atoms with Crippen LogP contribution in [-0.4, -0.2) is 13.9 Å². The lowest BCUT2D eigenvalue weighted by molar-refractivity contribution is 0.554. The van der Waals surface area contributed by atoms with Gasteiger partial charge in [0.15, 0.2) is 0 Å². The lowest BCUT2D eigenvalue weighted by Crippen LogP contribution is -2.32. The van der Waals surface area contributed by atoms with Gasteiger partial charge >= 0.3 is 0 Å². The standard InChI is InChI=1S/C22H40PSi/c1-20(2,3)16-13-17(21(4,5)6)19(23-15-24(10,11)12)18(14-16)22(7,8)9/h13-14H,15H2,1-12H3/q-1. The van der Waals surface area contributed by atoms with Gasteiger partial charge in [0.2, 0.25) is 0 Å². The van der Waals surface area contributed by atoms with E-state index in [0.29, 0.717) is 0 Å². The first-order chi connectivity index (χ1) is 10.4. The van der Waals surface area contributed by atoms with Crippen molar-refractivity contribution >= 4 is 22.0 Å². The van der Waals surface area contributed by atoms with Crippen molar-refractivity contribution in [2.45, 2.75) is 98.2 Å². The Morgan fingerprint density at radius 2 is 1.08 bits per heavy atom. The number of benzene rings is 1. The maximum Gasteiger partial charge on any atom is 0.0164 e. The van der Waals surface area contributed by atoms with Crippen LogP contribution in [0.15, 0.2) is 12.1 Å². The maximum absolute atomic E-state index is 2.50. The summed E-state index contributed by atoms with van der Waals surface area (Å²) in [4.78, 5) is 0. The predicted molar refractivity (Wildman–Crippen MR) is 117 cm³/mol. The van der Waals surface area contributed by atoms with Gasteiger partial charge in [-0.3, -0.25) is 0 Å². The fraction of sp³-hybridized carbons (Fsp3) is 0.727. The van der Waals surface area contributed by atoms with E-state index in [1.807, 2.05) is 0 Å². The van der Waals surface area contributed by atoms with Crippen molar-refractivity contribution in [3.8, 4) is 0 Å². The van der Waals surface area contributed by atoms with Crippen molar-refractivity contribution in [2.75, 3.05) is 5.79 Å². The molecule has 0 saturated carbocycles. The van der Waals surface area contributed by atoms with Crippen molar-refractivity contribution < 1.29 is 0 Å². The molecule has 0 bridgehead atoms. The molecule has 0 aliphatic carbocycles. The molecule has 0 amide bonds. The Labute approximate surface area is 155 Å². The molecule has 1 rings (SSSR count). The molecule has 0 atom stereocenters. The lowest BCUT2D eigenvalue weighted by Gasteiger charge is -2.41. The van der Waals surface area contributed by atoms with Crippen LogP contribution < -0.4 is 5.30 Å². The van der Waals surface area contributed by atoms with Gasteiger partial charge in [0.1, 0.15) is 0 Å². The van der Waals surface area contributed by atoms with E-state index >= 15 is 0 Å². The highest BCUT2D eigenvalue weighted by Gasteiger charge is 2.25. The van der Waals surface area contributed by atoms with Crippen LogP contribution in [0.1, 0.15) is 79.0 Å². The van der Waals surface area contributed by atoms with E-state index < -0.39 is 8.07 Å². The summed E-state index contributed by atoms with van der Waals surface area (Å²) in [6.45, 7) is 28.7. The van der Waals surface area contributed by atoms with E-state index in [9.17, 15) is 0 Å². The number of hydrogen-bond donors (Lipinski definition) is 0. The highest BCUT2D eigenvalue weighted by atomic mass is 31.1. The second-order valence-corrected chi connectivity index (χ2v) is 18.7. The van der Waals surface area contributed by atoms with Gasteiger partial charge in [0, 0.05) is 8.07 Å². The van der Waals surface area contributed by atoms with Gasteiger partial charge in [-0.15, -0.1) is 0 Å². The zero-order valence-corrected chi connectivity index (χ0v) is 20.2. The molecule has 0 aromatic heterocycles. The average Bonchev–Trinajstić information content (AvgIpc) is 2.30. The molecule has 0 radical (unpaired) electrons. The van der Waals surface area contributed by atoms with Crippen LogP contribution >= 0.6 is 8.58 Å². The van der Waals surface area contributed by atoms with Crippen LogP contribution in [0.4, 0.5) is 0 Å². The summed E-state index contributed by atoms with van der Waals surface area (Å²) in [7, 11) is 0.462. The fourth-order valence-corrected chi connectivity index (χ4v) is 6.37. The van der Waals surface area contributed by atoms with Crippen LogP contribution in [0.25, 0.3) is 0 Å². The fourth-order valence-electron chi connectivity index (χ4n) is 2.70. The van der Waals surface area contributed by atoms with E-state index in [-0.39, 0.29) is 16.2 Å². The third-order valence-corrected chi connectivity index (χ3v) is 9.53. The van der Waals surface area contributed by atoms with Crippen LogP contribution in [0.3, 0.4) is 0 Å². The third-order valence-electron chi connectivity index (χ3n) is 4.30. The lowest BCUT2D eigenvalue weighted by atomic mass is 9.75. The van der Waals surface area contributed by atoms with E-state index in [4.69, 9.17) is 0 Å². The summed E-state index contributed by atoms with van der Waals surface area (Å²) in [5.74, 6) is 1.34. The molecule has 138 valence electrons. The molecule has 0 fully saturated rings. The summed E-state index contributed by atoms with van der Waals surface area (Å²) < 4.78 is 0. The first kappa shape index (κ1) is 21.9. The summed E-state index contributed by atoms with van der Waals surface area (Å²) in [6, 6.07) is 5.00. The van der Waals surface area contributed by atoms with Gasteiger partial charge in [0.05, 0.1) is 0 Å². The second kappa shape index (κ2) is 6.88. The predicted octanol–water partition coefficient (Wildman–Crippen LogP) is 7.03. The van der Waals surface area contributed by atoms with Crippen molar-refractivity contribution in [3.63, 3.8) is 0 Å². The Kier molecular flexibility index (Phi) is 6.28. The van der Waals surface area contributed by atoms with Crippen LogP contribution in [-0.2, 0) is 16.2 Å². The minimum absolute atomic E-state index is 0.184. The molecule has 0 nitrogen and oxygen atoms in total. The second-order valence-electron chi connectivity index (χ2n) is 11.5. The van der Waals surface area contributed by atoms with Gasteiger partial charge < -0.3 is 8.58 Å². The van der Waals surface area contributed by atoms with E-state index in [1.54, 1.807) is 16.4 Å². The van der Waals surface area contributed by atoms with Crippen LogP contribution in [0.5, 0.6) is 0 Å². The van der Waals surface area contributed by atoms with Gasteiger partial charge in [-0.05, 0) is 21.8 Å². The minimum atomic E-state index is -1.07. The molecule has 0 unspecified atom stereocenters. The molecule has 1 aromatic carbocycles. The summed E-state index contributed by atoms with van der Waals surface area (Å²) in [6.07, 6.45) is 0. The molecule has 24 heavy (non-hydrogen) atoms. The van der Waals surface area contributed by atoms with Gasteiger partial charge in [-0.1, -0.05) is 105 Å². The Morgan fingerprint density at radius 3 is 1.33 bits per heavy atom. The molecule has 2 heteroatoms. The Morgan fingerprint density at radius 1 is 0.708 bits per heavy atom. The molecule has 0 spiro atoms. The quantitative estimate of drug-likeness (QED) is 0.399. The average molecular weight is 364 g/mol. The molecule has 0 saturated heterocycles. The van der Waals surface area contributed by atoms with E-state index in [1.165, 1.54) is 19.9 Å². The zero-order valence-electron chi connectivity index (χ0n) is 18.3. The maximum atomic E-state index is 2.50. The topological polar surface area (TPSA) is 0 Å². The van der Waals surface area contributed by atoms with Crippen molar-refractivity contribution in [1.82, 2.24) is 0 Å². The summed E-state index contributed by atoms with van der Waals surface area (Å²) >= 11 is 0. The Hall–Kier alpha value is -0.133. The third kappa shape index (κ3) is 5.99. The highest BCUT2D eigenvalue weighted by Crippen LogP contribution is 2.37. The molecule has 0 heterocycles. The monoisotopic (exact) mass is 363 g/mol. The van der Waals surface area contributed by atoms with E-state index in [0.717, 1.165) is 0 Å². The minimum Gasteiger partial charge on any atom is -0.508 e. The SMILES string of the molecule is CC(C)(C)c1cc(C(C)(C)C)c([P-]C[Si](C)(C)C)c(C(C)(C)C)c1. The van der Waals surface area contributed by atoms with Crippen molar-refractivity contribution in [3.05, 3.63) is 28.8 Å². The molecular weight excluding hydrogens is 323 g/mol. The molecule has 0 aliphatic rings. The van der Waals surface area contributed by atoms with Crippen molar-refractivity contribution in [1.29, 1.82) is 0 Å². The zero-order chi connectivity index (χ0) is 19.1. The Bertz CT molecular complexity index is 537. The number of hydrogen-bond acceptors (Lipinski definition) is 0. The Balaban J connectivity index is 3.68. The molecule has 1 aromatic rings. The summed E-state index contributed by atoms with van der Waals surface area (Å²) in [5, 5.41) is 1.60.